The molecule has 0 bridgehead atoms. The lowest BCUT2D eigenvalue weighted by Gasteiger charge is -2.31. The molecule has 1 heterocycles. The fourth-order valence-electron chi connectivity index (χ4n) is 4.87. The molecule has 0 saturated heterocycles. The van der Waals surface area contributed by atoms with Gasteiger partial charge in [-0.05, 0) is 70.9 Å². The van der Waals surface area contributed by atoms with E-state index in [1.54, 1.807) is 13.1 Å². The fourth-order valence-corrected chi connectivity index (χ4v) is 4.87. The first-order chi connectivity index (χ1) is 18.7. The first-order valence-corrected chi connectivity index (χ1v) is 13.3. The van der Waals surface area contributed by atoms with Gasteiger partial charge in [-0.3, -0.25) is 9.89 Å². The Hall–Kier alpha value is -4.16. The molecular weight excluding hydrogens is 472 g/mol. The number of H-pyrrole nitrogens is 1. The third kappa shape index (κ3) is 6.03. The largest absolute Gasteiger partial charge is 0.492 e. The van der Waals surface area contributed by atoms with Crippen LogP contribution in [0.1, 0.15) is 36.0 Å². The molecule has 3 N–H and O–H groups in total. The maximum atomic E-state index is 11.2. The highest BCUT2D eigenvalue weighted by Gasteiger charge is 2.27. The fraction of sp³-hybridized carbons (Fsp3) is 0.250. The normalized spacial score (nSPS) is 14.3. The number of allylic oxidation sites excluding steroid dienone is 1. The molecule has 1 fully saturated rings. The maximum absolute atomic E-state index is 11.2. The number of carbonyl (C=O) groups is 1. The van der Waals surface area contributed by atoms with Gasteiger partial charge in [0.25, 0.3) is 0 Å². The molecule has 0 unspecified atom stereocenters. The molecule has 0 aliphatic heterocycles. The predicted molar refractivity (Wildman–Crippen MR) is 154 cm³/mol. The van der Waals surface area contributed by atoms with Crippen LogP contribution in [0.15, 0.2) is 91.1 Å². The van der Waals surface area contributed by atoms with Crippen molar-refractivity contribution in [3.05, 3.63) is 108 Å². The van der Waals surface area contributed by atoms with Crippen LogP contribution >= 0.6 is 0 Å². The number of fused-ring (bicyclic) bond motifs is 1. The second-order valence-corrected chi connectivity index (χ2v) is 9.55. The summed E-state index contributed by atoms with van der Waals surface area (Å²) in [5.74, 6) is 1.28. The van der Waals surface area contributed by atoms with Crippen LogP contribution < -0.4 is 15.4 Å². The van der Waals surface area contributed by atoms with Gasteiger partial charge in [0.2, 0.25) is 5.91 Å². The highest BCUT2D eigenvalue weighted by atomic mass is 16.5. The summed E-state index contributed by atoms with van der Waals surface area (Å²) < 4.78 is 5.97. The Balaban J connectivity index is 1.39. The van der Waals surface area contributed by atoms with Gasteiger partial charge in [-0.2, -0.15) is 5.10 Å². The molecule has 1 saturated carbocycles. The van der Waals surface area contributed by atoms with Gasteiger partial charge in [0.15, 0.2) is 0 Å². The molecule has 194 valence electrons. The van der Waals surface area contributed by atoms with E-state index < -0.39 is 0 Å². The molecule has 6 nitrogen and oxygen atoms in total. The van der Waals surface area contributed by atoms with Crippen LogP contribution in [0.25, 0.3) is 22.0 Å². The van der Waals surface area contributed by atoms with Gasteiger partial charge < -0.3 is 15.4 Å². The highest BCUT2D eigenvalue weighted by molar-refractivity contribution is 6.01. The first kappa shape index (κ1) is 25.5. The van der Waals surface area contributed by atoms with Gasteiger partial charge >= 0.3 is 0 Å². The van der Waals surface area contributed by atoms with Crippen molar-refractivity contribution in [2.45, 2.75) is 19.3 Å². The van der Waals surface area contributed by atoms with Crippen LogP contribution in [0.5, 0.6) is 5.75 Å². The number of benzene rings is 3. The van der Waals surface area contributed by atoms with Gasteiger partial charge in [-0.25, -0.2) is 0 Å². The molecule has 4 aromatic rings. The average molecular weight is 507 g/mol. The third-order valence-electron chi connectivity index (χ3n) is 7.06. The number of amides is 1. The van der Waals surface area contributed by atoms with E-state index in [1.807, 2.05) is 6.20 Å². The Labute approximate surface area is 223 Å². The molecule has 0 radical (unpaired) electrons. The van der Waals surface area contributed by atoms with E-state index in [0.717, 1.165) is 16.7 Å². The quantitative estimate of drug-likeness (QED) is 0.141. The molecule has 1 aliphatic carbocycles. The van der Waals surface area contributed by atoms with Crippen LogP contribution in [0.4, 0.5) is 0 Å². The van der Waals surface area contributed by atoms with Gasteiger partial charge in [0, 0.05) is 31.6 Å². The number of hydrogen-bond acceptors (Lipinski definition) is 4. The van der Waals surface area contributed by atoms with Crippen LogP contribution in [-0.4, -0.2) is 42.8 Å². The molecule has 5 rings (SSSR count). The number of rotatable bonds is 11. The third-order valence-corrected chi connectivity index (χ3v) is 7.06. The monoisotopic (exact) mass is 506 g/mol. The number of aromatic nitrogens is 2. The van der Waals surface area contributed by atoms with Crippen LogP contribution in [0.2, 0.25) is 0 Å². The summed E-state index contributed by atoms with van der Waals surface area (Å²) in [5, 5.41) is 14.2. The minimum Gasteiger partial charge on any atom is -0.492 e. The second-order valence-electron chi connectivity index (χ2n) is 9.55. The zero-order valence-electron chi connectivity index (χ0n) is 21.7. The molecule has 38 heavy (non-hydrogen) atoms. The molecule has 0 spiro atoms. The Kier molecular flexibility index (Phi) is 8.31. The predicted octanol–water partition coefficient (Wildman–Crippen LogP) is 5.59. The van der Waals surface area contributed by atoms with Crippen LogP contribution in [0.3, 0.4) is 0 Å². The summed E-state index contributed by atoms with van der Waals surface area (Å²) in [6.07, 6.45) is 8.92. The lowest BCUT2D eigenvalue weighted by atomic mass is 9.73. The smallest absolute Gasteiger partial charge is 0.243 e. The lowest BCUT2D eigenvalue weighted by molar-refractivity contribution is -0.116. The van der Waals surface area contributed by atoms with Crippen molar-refractivity contribution in [1.29, 1.82) is 0 Å². The van der Waals surface area contributed by atoms with Crippen molar-refractivity contribution in [3.8, 4) is 5.75 Å². The van der Waals surface area contributed by atoms with E-state index in [0.29, 0.717) is 25.6 Å². The number of aromatic amines is 1. The molecular formula is C32H34N4O2. The van der Waals surface area contributed by atoms with Gasteiger partial charge in [0.1, 0.15) is 12.4 Å². The number of carbonyl (C=O) groups excluding carboxylic acids is 1. The van der Waals surface area contributed by atoms with E-state index in [-0.39, 0.29) is 5.91 Å². The summed E-state index contributed by atoms with van der Waals surface area (Å²) >= 11 is 0. The molecule has 1 aliphatic rings. The van der Waals surface area contributed by atoms with Gasteiger partial charge in [-0.1, -0.05) is 61.0 Å². The van der Waals surface area contributed by atoms with Crippen molar-refractivity contribution in [2.24, 2.45) is 5.92 Å². The zero-order valence-corrected chi connectivity index (χ0v) is 21.7. The summed E-state index contributed by atoms with van der Waals surface area (Å²) in [6.45, 7) is 1.86. The van der Waals surface area contributed by atoms with Crippen molar-refractivity contribution in [2.75, 3.05) is 26.7 Å². The van der Waals surface area contributed by atoms with E-state index >= 15 is 0 Å². The zero-order chi connectivity index (χ0) is 26.2. The Morgan fingerprint density at radius 3 is 2.55 bits per heavy atom. The van der Waals surface area contributed by atoms with Gasteiger partial charge in [-0.15, -0.1) is 0 Å². The van der Waals surface area contributed by atoms with E-state index in [9.17, 15) is 4.79 Å². The highest BCUT2D eigenvalue weighted by Crippen LogP contribution is 2.45. The first-order valence-electron chi connectivity index (χ1n) is 13.3. The van der Waals surface area contributed by atoms with Crippen molar-refractivity contribution in [1.82, 2.24) is 20.8 Å². The lowest BCUT2D eigenvalue weighted by Crippen LogP contribution is -2.21. The Morgan fingerprint density at radius 2 is 1.82 bits per heavy atom. The van der Waals surface area contributed by atoms with E-state index in [1.165, 1.54) is 53.2 Å². The number of nitrogens with one attached hydrogen (secondary N) is 3. The van der Waals surface area contributed by atoms with Crippen molar-refractivity contribution < 1.29 is 9.53 Å². The molecule has 0 atom stereocenters. The number of likely N-dealkylation sites (N-methyl/N-ethyl adjacent to an activating group) is 1. The number of hydrogen-bond donors (Lipinski definition) is 3. The molecule has 3 aromatic carbocycles. The van der Waals surface area contributed by atoms with E-state index in [4.69, 9.17) is 4.74 Å². The van der Waals surface area contributed by atoms with Gasteiger partial charge in [0.05, 0.1) is 11.7 Å². The standard InChI is InChI=1S/C32H34N4O2/c1-33-30(37)11-6-18-34-19-20-38-28-15-12-25(13-16-28)32(26-14-17-29-27(21-26)22-35-36-29)31(24-9-5-10-24)23-7-3-2-4-8-23/h2-4,6-8,11-17,21-22,24,34H,5,9-10,18-20H2,1H3,(H,33,37)(H,35,36)/b11-6+,32-31-. The summed E-state index contributed by atoms with van der Waals surface area (Å²) in [6, 6.07) is 25.8. The second kappa shape index (κ2) is 12.4. The van der Waals surface area contributed by atoms with Crippen LogP contribution in [0, 0.1) is 5.92 Å². The molecule has 1 aromatic heterocycles. The van der Waals surface area contributed by atoms with Crippen LogP contribution in [-0.2, 0) is 4.79 Å². The summed E-state index contributed by atoms with van der Waals surface area (Å²) in [4.78, 5) is 11.2. The SMILES string of the molecule is CNC(=O)/C=C/CNCCOc1ccc(/C(=C(\c2ccccc2)C2CCC2)c2ccc3[nH]ncc3c2)cc1. The maximum Gasteiger partial charge on any atom is 0.243 e. The number of nitrogens with zero attached hydrogens (tertiary/aromatic N) is 1. The minimum absolute atomic E-state index is 0.103. The van der Waals surface area contributed by atoms with Crippen molar-refractivity contribution >= 4 is 28.0 Å². The Morgan fingerprint density at radius 1 is 1.03 bits per heavy atom. The summed E-state index contributed by atoms with van der Waals surface area (Å²) in [7, 11) is 1.62. The Bertz CT molecular complexity index is 1420. The molecule has 1 amide bonds. The topological polar surface area (TPSA) is 79.0 Å². The van der Waals surface area contributed by atoms with E-state index in [2.05, 4.69) is 93.6 Å². The van der Waals surface area contributed by atoms with Crippen molar-refractivity contribution in [3.63, 3.8) is 0 Å². The average Bonchev–Trinajstić information content (AvgIpc) is 3.40. The minimum atomic E-state index is -0.103. The number of ether oxygens (including phenoxy) is 1. The molecule has 6 heteroatoms. The summed E-state index contributed by atoms with van der Waals surface area (Å²) in [5.41, 5.74) is 7.41.